The van der Waals surface area contributed by atoms with E-state index in [1.807, 2.05) is 0 Å². The van der Waals surface area contributed by atoms with Crippen molar-refractivity contribution < 1.29 is 9.66 Å². The molecule has 0 aliphatic carbocycles. The normalized spacial score (nSPS) is 16.7. The second kappa shape index (κ2) is 5.91. The Hall–Kier alpha value is -3.16. The number of nitro benzene ring substituents is 1. The predicted molar refractivity (Wildman–Crippen MR) is 80.9 cm³/mol. The van der Waals surface area contributed by atoms with Gasteiger partial charge in [0.25, 0.3) is 11.2 Å². The Morgan fingerprint density at radius 2 is 2.09 bits per heavy atom. The summed E-state index contributed by atoms with van der Waals surface area (Å²) in [5.74, 6) is 0.530. The molecule has 0 amide bonds. The minimum Gasteiger partial charge on any atom is -0.488 e. The first-order valence-electron chi connectivity index (χ1n) is 6.93. The standard InChI is InChI=1S/C15H13N3O5/c19-14-7-8-17(15(20)16-14)9-10-5-6-13(23-10)11-3-1-2-4-12(11)18(21)22/h1-5,7-8,13H,6,9H2,(H,16,19,20). The SMILES string of the molecule is O=c1ccn(CC2=CCC(c3ccccc3[N+](=O)[O-])O2)c(=O)[nH]1. The second-order valence-electron chi connectivity index (χ2n) is 5.07. The first-order valence-corrected chi connectivity index (χ1v) is 6.93. The van der Waals surface area contributed by atoms with Gasteiger partial charge in [0.05, 0.1) is 17.0 Å². The van der Waals surface area contributed by atoms with E-state index in [-0.39, 0.29) is 12.2 Å². The van der Waals surface area contributed by atoms with Gasteiger partial charge in [-0.05, 0) is 12.1 Å². The first-order chi connectivity index (χ1) is 11.0. The molecule has 2 aromatic rings. The molecule has 1 aliphatic rings. The smallest absolute Gasteiger partial charge is 0.328 e. The van der Waals surface area contributed by atoms with E-state index in [0.717, 1.165) is 0 Å². The van der Waals surface area contributed by atoms with E-state index in [2.05, 4.69) is 4.98 Å². The zero-order valence-electron chi connectivity index (χ0n) is 12.0. The number of aromatic nitrogens is 2. The number of hydrogen-bond donors (Lipinski definition) is 1. The summed E-state index contributed by atoms with van der Waals surface area (Å²) in [6, 6.07) is 7.66. The molecule has 1 aromatic carbocycles. The molecule has 2 heterocycles. The van der Waals surface area contributed by atoms with Crippen molar-refractivity contribution >= 4 is 5.69 Å². The highest BCUT2D eigenvalue weighted by atomic mass is 16.6. The minimum absolute atomic E-state index is 0.00774. The van der Waals surface area contributed by atoms with Crippen molar-refractivity contribution in [3.8, 4) is 0 Å². The van der Waals surface area contributed by atoms with Crippen LogP contribution in [-0.2, 0) is 11.3 Å². The van der Waals surface area contributed by atoms with Crippen LogP contribution in [0.2, 0.25) is 0 Å². The molecule has 0 bridgehead atoms. The van der Waals surface area contributed by atoms with Crippen LogP contribution in [-0.4, -0.2) is 14.5 Å². The lowest BCUT2D eigenvalue weighted by Gasteiger charge is -2.14. The first kappa shape index (κ1) is 14.8. The van der Waals surface area contributed by atoms with Crippen LogP contribution < -0.4 is 11.2 Å². The van der Waals surface area contributed by atoms with E-state index in [9.17, 15) is 19.7 Å². The summed E-state index contributed by atoms with van der Waals surface area (Å²) >= 11 is 0. The molecule has 0 saturated heterocycles. The molecule has 1 aliphatic heterocycles. The molecule has 8 nitrogen and oxygen atoms in total. The van der Waals surface area contributed by atoms with Crippen molar-refractivity contribution in [3.05, 3.63) is 84.9 Å². The summed E-state index contributed by atoms with van der Waals surface area (Å²) in [6.07, 6.45) is 3.20. The average molecular weight is 315 g/mol. The fraction of sp³-hybridized carbons (Fsp3) is 0.200. The van der Waals surface area contributed by atoms with Crippen molar-refractivity contribution in [2.45, 2.75) is 19.1 Å². The van der Waals surface area contributed by atoms with Crippen LogP contribution in [0.4, 0.5) is 5.69 Å². The second-order valence-corrected chi connectivity index (χ2v) is 5.07. The third kappa shape index (κ3) is 3.05. The number of allylic oxidation sites excluding steroid dienone is 1. The Labute approximate surface area is 129 Å². The van der Waals surface area contributed by atoms with Crippen molar-refractivity contribution in [3.63, 3.8) is 0 Å². The van der Waals surface area contributed by atoms with Crippen LogP contribution in [0.1, 0.15) is 18.1 Å². The molecular formula is C15H13N3O5. The van der Waals surface area contributed by atoms with Crippen LogP contribution in [0.3, 0.4) is 0 Å². The van der Waals surface area contributed by atoms with Crippen LogP contribution in [0.15, 0.2) is 58.0 Å². The average Bonchev–Trinajstić information content (AvgIpc) is 2.98. The molecule has 0 spiro atoms. The maximum atomic E-state index is 11.7. The third-order valence-corrected chi connectivity index (χ3v) is 3.56. The fourth-order valence-corrected chi connectivity index (χ4v) is 2.47. The Morgan fingerprint density at radius 1 is 1.30 bits per heavy atom. The number of rotatable bonds is 4. The number of para-hydroxylation sites is 1. The molecule has 0 saturated carbocycles. The molecule has 1 atom stereocenters. The van der Waals surface area contributed by atoms with Gasteiger partial charge in [-0.15, -0.1) is 0 Å². The highest BCUT2D eigenvalue weighted by Gasteiger charge is 2.26. The molecule has 0 fully saturated rings. The number of benzene rings is 1. The highest BCUT2D eigenvalue weighted by Crippen LogP contribution is 2.36. The number of H-pyrrole nitrogens is 1. The van der Waals surface area contributed by atoms with E-state index in [1.54, 1.807) is 24.3 Å². The molecule has 1 unspecified atom stereocenters. The Morgan fingerprint density at radius 3 is 2.83 bits per heavy atom. The van der Waals surface area contributed by atoms with Gasteiger partial charge in [0.1, 0.15) is 11.9 Å². The summed E-state index contributed by atoms with van der Waals surface area (Å²) in [4.78, 5) is 35.5. The molecule has 1 aromatic heterocycles. The zero-order chi connectivity index (χ0) is 16.4. The van der Waals surface area contributed by atoms with E-state index >= 15 is 0 Å². The Balaban J connectivity index is 1.77. The molecule has 118 valence electrons. The topological polar surface area (TPSA) is 107 Å². The van der Waals surface area contributed by atoms with Gasteiger partial charge in [-0.3, -0.25) is 24.5 Å². The van der Waals surface area contributed by atoms with Crippen molar-refractivity contribution in [2.75, 3.05) is 0 Å². The maximum absolute atomic E-state index is 11.7. The number of nitrogens with one attached hydrogen (secondary N) is 1. The zero-order valence-corrected chi connectivity index (χ0v) is 12.0. The predicted octanol–water partition coefficient (Wildman–Crippen LogP) is 1.49. The van der Waals surface area contributed by atoms with Crippen molar-refractivity contribution in [2.24, 2.45) is 0 Å². The summed E-state index contributed by atoms with van der Waals surface area (Å²) in [5, 5.41) is 11.1. The lowest BCUT2D eigenvalue weighted by atomic mass is 10.1. The third-order valence-electron chi connectivity index (χ3n) is 3.56. The van der Waals surface area contributed by atoms with E-state index in [0.29, 0.717) is 17.7 Å². The van der Waals surface area contributed by atoms with Gasteiger partial charge in [-0.1, -0.05) is 12.1 Å². The molecular weight excluding hydrogens is 302 g/mol. The number of nitro groups is 1. The van der Waals surface area contributed by atoms with Crippen LogP contribution >= 0.6 is 0 Å². The molecule has 1 N–H and O–H groups in total. The molecule has 8 heteroatoms. The van der Waals surface area contributed by atoms with Gasteiger partial charge in [0.2, 0.25) is 0 Å². The summed E-state index contributed by atoms with van der Waals surface area (Å²) in [5.41, 5.74) is -0.493. The number of hydrogen-bond acceptors (Lipinski definition) is 5. The molecule has 3 rings (SSSR count). The summed E-state index contributed by atoms with van der Waals surface area (Å²) in [6.45, 7) is 0.159. The van der Waals surface area contributed by atoms with Gasteiger partial charge >= 0.3 is 5.69 Å². The highest BCUT2D eigenvalue weighted by molar-refractivity contribution is 5.42. The van der Waals surface area contributed by atoms with Gasteiger partial charge in [-0.2, -0.15) is 0 Å². The number of aromatic amines is 1. The number of nitrogens with zero attached hydrogens (tertiary/aromatic N) is 2. The van der Waals surface area contributed by atoms with E-state index in [1.165, 1.54) is 22.9 Å². The van der Waals surface area contributed by atoms with Crippen LogP contribution in [0.5, 0.6) is 0 Å². The quantitative estimate of drug-likeness (QED) is 0.679. The minimum atomic E-state index is -0.531. The Bertz CT molecular complexity index is 896. The van der Waals surface area contributed by atoms with E-state index < -0.39 is 22.3 Å². The summed E-state index contributed by atoms with van der Waals surface area (Å²) in [7, 11) is 0. The van der Waals surface area contributed by atoms with Crippen molar-refractivity contribution in [1.29, 1.82) is 0 Å². The lowest BCUT2D eigenvalue weighted by Crippen LogP contribution is -2.29. The van der Waals surface area contributed by atoms with Crippen molar-refractivity contribution in [1.82, 2.24) is 9.55 Å². The maximum Gasteiger partial charge on any atom is 0.328 e. The molecule has 23 heavy (non-hydrogen) atoms. The van der Waals surface area contributed by atoms with Gasteiger partial charge in [0.15, 0.2) is 0 Å². The largest absolute Gasteiger partial charge is 0.488 e. The number of ether oxygens (including phenoxy) is 1. The fourth-order valence-electron chi connectivity index (χ4n) is 2.47. The van der Waals surface area contributed by atoms with Crippen LogP contribution in [0, 0.1) is 10.1 Å². The van der Waals surface area contributed by atoms with Gasteiger partial charge in [-0.25, -0.2) is 4.79 Å². The van der Waals surface area contributed by atoms with Crippen LogP contribution in [0.25, 0.3) is 0 Å². The van der Waals surface area contributed by atoms with E-state index in [4.69, 9.17) is 4.74 Å². The molecule has 0 radical (unpaired) electrons. The summed E-state index contributed by atoms with van der Waals surface area (Å²) < 4.78 is 7.03. The van der Waals surface area contributed by atoms with Gasteiger partial charge in [0, 0.05) is 24.8 Å². The monoisotopic (exact) mass is 315 g/mol. The lowest BCUT2D eigenvalue weighted by molar-refractivity contribution is -0.386. The van der Waals surface area contributed by atoms with Gasteiger partial charge < -0.3 is 4.74 Å². The Kier molecular flexibility index (Phi) is 3.80.